The molecule has 2 N–H and O–H groups in total. The first-order valence-electron chi connectivity index (χ1n) is 5.96. The molecule has 0 saturated carbocycles. The van der Waals surface area contributed by atoms with Gasteiger partial charge in [0.05, 0.1) is 6.61 Å². The number of rotatable bonds is 3. The van der Waals surface area contributed by atoms with Crippen LogP contribution in [0.2, 0.25) is 0 Å². The lowest BCUT2D eigenvalue weighted by atomic mass is 10.1. The molecule has 17 heavy (non-hydrogen) atoms. The summed E-state index contributed by atoms with van der Waals surface area (Å²) in [5.41, 5.74) is 6.16. The molecule has 1 fully saturated rings. The number of hydrogen-bond donors (Lipinski definition) is 1. The third kappa shape index (κ3) is 3.17. The van der Waals surface area contributed by atoms with Gasteiger partial charge < -0.3 is 15.2 Å². The van der Waals surface area contributed by atoms with Crippen LogP contribution in [-0.2, 0) is 4.74 Å². The molecule has 0 spiro atoms. The monoisotopic (exact) mass is 239 g/mol. The van der Waals surface area contributed by atoms with Crippen LogP contribution >= 0.6 is 0 Å². The molecule has 2 atom stereocenters. The van der Waals surface area contributed by atoms with Crippen LogP contribution in [0.25, 0.3) is 0 Å². The molecule has 1 aromatic rings. The Balaban J connectivity index is 2.04. The van der Waals surface area contributed by atoms with Gasteiger partial charge in [0.25, 0.3) is 0 Å². The van der Waals surface area contributed by atoms with E-state index in [-0.39, 0.29) is 18.0 Å². The van der Waals surface area contributed by atoms with Crippen molar-refractivity contribution in [2.75, 3.05) is 13.2 Å². The maximum Gasteiger partial charge on any atom is 0.131 e. The van der Waals surface area contributed by atoms with Crippen LogP contribution in [0.1, 0.15) is 31.4 Å². The molecule has 0 aliphatic carbocycles. The van der Waals surface area contributed by atoms with E-state index in [2.05, 4.69) is 0 Å². The van der Waals surface area contributed by atoms with Gasteiger partial charge in [-0.2, -0.15) is 0 Å². The van der Waals surface area contributed by atoms with Gasteiger partial charge in [-0.05, 0) is 25.8 Å². The molecular weight excluding hydrogens is 221 g/mol. The quantitative estimate of drug-likeness (QED) is 0.881. The molecule has 4 heteroatoms. The van der Waals surface area contributed by atoms with Crippen molar-refractivity contribution in [3.8, 4) is 5.75 Å². The molecule has 0 amide bonds. The molecule has 1 saturated heterocycles. The van der Waals surface area contributed by atoms with Crippen LogP contribution in [0.5, 0.6) is 5.75 Å². The van der Waals surface area contributed by atoms with Gasteiger partial charge in [0.1, 0.15) is 17.7 Å². The van der Waals surface area contributed by atoms with Gasteiger partial charge >= 0.3 is 0 Å². The molecule has 3 nitrogen and oxygen atoms in total. The number of ether oxygens (including phenoxy) is 2. The van der Waals surface area contributed by atoms with Gasteiger partial charge in [0.15, 0.2) is 0 Å². The molecule has 0 bridgehead atoms. The summed E-state index contributed by atoms with van der Waals surface area (Å²) in [5, 5.41) is 0. The average molecular weight is 239 g/mol. The average Bonchev–Trinajstić information content (AvgIpc) is 2.30. The minimum atomic E-state index is -0.311. The topological polar surface area (TPSA) is 44.5 Å². The van der Waals surface area contributed by atoms with Crippen molar-refractivity contribution >= 4 is 0 Å². The zero-order chi connectivity index (χ0) is 12.3. The van der Waals surface area contributed by atoms with Crippen molar-refractivity contribution in [3.05, 3.63) is 29.6 Å². The lowest BCUT2D eigenvalue weighted by molar-refractivity contribution is 0.00730. The lowest BCUT2D eigenvalue weighted by Gasteiger charge is -2.23. The Hall–Kier alpha value is -1.13. The Bertz CT molecular complexity index is 376. The van der Waals surface area contributed by atoms with E-state index in [0.717, 1.165) is 19.4 Å². The molecule has 1 heterocycles. The van der Waals surface area contributed by atoms with Crippen LogP contribution in [0, 0.1) is 5.82 Å². The zero-order valence-corrected chi connectivity index (χ0v) is 9.99. The largest absolute Gasteiger partial charge is 0.488 e. The SMILES string of the molecule is CC(N)c1ccc(OC2CCCOC2)cc1F. The summed E-state index contributed by atoms with van der Waals surface area (Å²) in [6.45, 7) is 3.13. The van der Waals surface area contributed by atoms with E-state index in [0.29, 0.717) is 17.9 Å². The molecule has 0 aromatic heterocycles. The number of benzene rings is 1. The van der Waals surface area contributed by atoms with Crippen LogP contribution < -0.4 is 10.5 Å². The highest BCUT2D eigenvalue weighted by Crippen LogP contribution is 2.23. The van der Waals surface area contributed by atoms with Crippen molar-refractivity contribution in [1.82, 2.24) is 0 Å². The lowest BCUT2D eigenvalue weighted by Crippen LogP contribution is -2.28. The Morgan fingerprint density at radius 1 is 1.53 bits per heavy atom. The van der Waals surface area contributed by atoms with E-state index in [9.17, 15) is 4.39 Å². The minimum Gasteiger partial charge on any atom is -0.488 e. The summed E-state index contributed by atoms with van der Waals surface area (Å²) in [6.07, 6.45) is 1.98. The normalized spacial score (nSPS) is 22.2. The first-order valence-corrected chi connectivity index (χ1v) is 5.96. The highest BCUT2D eigenvalue weighted by atomic mass is 19.1. The van der Waals surface area contributed by atoms with E-state index < -0.39 is 0 Å². The maximum absolute atomic E-state index is 13.7. The molecular formula is C13H18FNO2. The molecule has 1 aliphatic rings. The second-order valence-corrected chi connectivity index (χ2v) is 4.43. The van der Waals surface area contributed by atoms with Crippen molar-refractivity contribution in [1.29, 1.82) is 0 Å². The molecule has 2 rings (SSSR count). The van der Waals surface area contributed by atoms with E-state index in [4.69, 9.17) is 15.2 Å². The molecule has 1 aliphatic heterocycles. The Morgan fingerprint density at radius 2 is 2.35 bits per heavy atom. The van der Waals surface area contributed by atoms with Crippen molar-refractivity contribution in [2.24, 2.45) is 5.73 Å². The zero-order valence-electron chi connectivity index (χ0n) is 9.99. The number of halogens is 1. The molecule has 0 radical (unpaired) electrons. The molecule has 2 unspecified atom stereocenters. The van der Waals surface area contributed by atoms with Gasteiger partial charge in [-0.1, -0.05) is 6.07 Å². The summed E-state index contributed by atoms with van der Waals surface area (Å²) in [5.74, 6) is 0.233. The summed E-state index contributed by atoms with van der Waals surface area (Å²) < 4.78 is 24.6. The maximum atomic E-state index is 13.7. The molecule has 94 valence electrons. The third-order valence-corrected chi connectivity index (χ3v) is 2.88. The first kappa shape index (κ1) is 12.3. The summed E-state index contributed by atoms with van der Waals surface area (Å²) in [7, 11) is 0. The van der Waals surface area contributed by atoms with Crippen LogP contribution in [0.4, 0.5) is 4.39 Å². The van der Waals surface area contributed by atoms with Gasteiger partial charge in [-0.25, -0.2) is 4.39 Å². The number of hydrogen-bond acceptors (Lipinski definition) is 3. The van der Waals surface area contributed by atoms with Crippen LogP contribution in [0.15, 0.2) is 18.2 Å². The predicted octanol–water partition coefficient (Wildman–Crippen LogP) is 2.40. The second kappa shape index (κ2) is 5.47. The standard InChI is InChI=1S/C13H18FNO2/c1-9(15)12-5-4-10(7-13(12)14)17-11-3-2-6-16-8-11/h4-5,7,9,11H,2-3,6,8,15H2,1H3. The minimum absolute atomic E-state index is 0.0318. The van der Waals surface area contributed by atoms with Gasteiger partial charge in [-0.3, -0.25) is 0 Å². The summed E-state index contributed by atoms with van der Waals surface area (Å²) in [4.78, 5) is 0. The first-order chi connectivity index (χ1) is 8.16. The van der Waals surface area contributed by atoms with Gasteiger partial charge in [0, 0.05) is 24.3 Å². The summed E-state index contributed by atoms with van der Waals surface area (Å²) >= 11 is 0. The van der Waals surface area contributed by atoms with E-state index in [1.54, 1.807) is 19.1 Å². The number of nitrogens with two attached hydrogens (primary N) is 1. The fraction of sp³-hybridized carbons (Fsp3) is 0.538. The third-order valence-electron chi connectivity index (χ3n) is 2.88. The highest BCUT2D eigenvalue weighted by molar-refractivity contribution is 5.30. The smallest absolute Gasteiger partial charge is 0.131 e. The highest BCUT2D eigenvalue weighted by Gasteiger charge is 2.16. The van der Waals surface area contributed by atoms with E-state index in [1.807, 2.05) is 0 Å². The Morgan fingerprint density at radius 3 is 2.94 bits per heavy atom. The van der Waals surface area contributed by atoms with E-state index in [1.165, 1.54) is 6.07 Å². The van der Waals surface area contributed by atoms with Crippen molar-refractivity contribution in [2.45, 2.75) is 31.9 Å². The van der Waals surface area contributed by atoms with Crippen molar-refractivity contribution < 1.29 is 13.9 Å². The van der Waals surface area contributed by atoms with Crippen LogP contribution in [0.3, 0.4) is 0 Å². The van der Waals surface area contributed by atoms with Gasteiger partial charge in [0.2, 0.25) is 0 Å². The predicted molar refractivity (Wildman–Crippen MR) is 63.5 cm³/mol. The Labute approximate surface area is 101 Å². The fourth-order valence-electron chi connectivity index (χ4n) is 1.95. The summed E-state index contributed by atoms with van der Waals surface area (Å²) in [6, 6.07) is 4.53. The van der Waals surface area contributed by atoms with Crippen LogP contribution in [-0.4, -0.2) is 19.3 Å². The second-order valence-electron chi connectivity index (χ2n) is 4.43. The van der Waals surface area contributed by atoms with E-state index >= 15 is 0 Å². The van der Waals surface area contributed by atoms with Crippen molar-refractivity contribution in [3.63, 3.8) is 0 Å². The fourth-order valence-corrected chi connectivity index (χ4v) is 1.95. The molecule has 1 aromatic carbocycles. The Kier molecular flexibility index (Phi) is 3.97. The van der Waals surface area contributed by atoms with Gasteiger partial charge in [-0.15, -0.1) is 0 Å².